The number of ether oxygens (including phenoxy) is 2. The van der Waals surface area contributed by atoms with E-state index in [4.69, 9.17) is 9.47 Å². The zero-order valence-corrected chi connectivity index (χ0v) is 14.7. The third-order valence-electron chi connectivity index (χ3n) is 4.99. The number of nitrogens with one attached hydrogen (secondary N) is 1. The van der Waals surface area contributed by atoms with Gasteiger partial charge in [0.1, 0.15) is 0 Å². The van der Waals surface area contributed by atoms with Crippen molar-refractivity contribution in [2.24, 2.45) is 0 Å². The maximum Gasteiger partial charge on any atom is 0.220 e. The van der Waals surface area contributed by atoms with Crippen LogP contribution in [0.1, 0.15) is 31.2 Å². The fraction of sp³-hybridized carbons (Fsp3) is 0.632. The average Bonchev–Trinajstić information content (AvgIpc) is 3.01. The third-order valence-corrected chi connectivity index (χ3v) is 4.99. The summed E-state index contributed by atoms with van der Waals surface area (Å²) >= 11 is 0. The molecule has 2 aliphatic rings. The summed E-state index contributed by atoms with van der Waals surface area (Å²) in [5.74, 6) is 0.131. The molecule has 1 spiro atoms. The van der Waals surface area contributed by atoms with Crippen LogP contribution in [0.15, 0.2) is 24.3 Å². The lowest BCUT2D eigenvalue weighted by atomic mass is 9.89. The average molecular weight is 332 g/mol. The van der Waals surface area contributed by atoms with E-state index in [1.807, 2.05) is 20.2 Å². The number of nitrogens with zero attached hydrogens (tertiary/aromatic N) is 1. The van der Waals surface area contributed by atoms with Crippen molar-refractivity contribution < 1.29 is 14.3 Å². The Morgan fingerprint density at radius 3 is 3.00 bits per heavy atom. The van der Waals surface area contributed by atoms with Crippen LogP contribution in [0.4, 0.5) is 5.69 Å². The molecule has 0 unspecified atom stereocenters. The summed E-state index contributed by atoms with van der Waals surface area (Å²) < 4.78 is 11.4. The Bertz CT molecular complexity index is 567. The second kappa shape index (κ2) is 7.53. The van der Waals surface area contributed by atoms with Gasteiger partial charge in [-0.1, -0.05) is 12.1 Å². The van der Waals surface area contributed by atoms with Crippen molar-refractivity contribution in [3.05, 3.63) is 29.8 Å². The van der Waals surface area contributed by atoms with E-state index in [-0.39, 0.29) is 17.6 Å². The highest BCUT2D eigenvalue weighted by Crippen LogP contribution is 2.32. The van der Waals surface area contributed by atoms with E-state index in [9.17, 15) is 4.79 Å². The lowest BCUT2D eigenvalue weighted by Gasteiger charge is -2.37. The molecule has 5 nitrogen and oxygen atoms in total. The number of benzene rings is 1. The van der Waals surface area contributed by atoms with Gasteiger partial charge < -0.3 is 19.7 Å². The number of anilines is 1. The summed E-state index contributed by atoms with van der Waals surface area (Å²) in [6.45, 7) is 2.14. The highest BCUT2D eigenvalue weighted by molar-refractivity contribution is 5.76. The highest BCUT2D eigenvalue weighted by Gasteiger charge is 2.41. The van der Waals surface area contributed by atoms with Gasteiger partial charge in [0.05, 0.1) is 12.2 Å². The first kappa shape index (κ1) is 17.2. The van der Waals surface area contributed by atoms with Crippen LogP contribution in [-0.4, -0.2) is 51.5 Å². The van der Waals surface area contributed by atoms with E-state index in [1.54, 1.807) is 0 Å². The molecule has 1 amide bonds. The van der Waals surface area contributed by atoms with Gasteiger partial charge in [0, 0.05) is 51.9 Å². The van der Waals surface area contributed by atoms with E-state index < -0.39 is 0 Å². The number of hydrogen-bond donors (Lipinski definition) is 1. The van der Waals surface area contributed by atoms with Gasteiger partial charge in [0.25, 0.3) is 0 Å². The smallest absolute Gasteiger partial charge is 0.220 e. The topological polar surface area (TPSA) is 50.8 Å². The molecule has 132 valence electrons. The largest absolute Gasteiger partial charge is 0.378 e. The molecule has 0 saturated carbocycles. The number of amides is 1. The molecular weight excluding hydrogens is 304 g/mol. The van der Waals surface area contributed by atoms with Crippen LogP contribution in [0.3, 0.4) is 0 Å². The van der Waals surface area contributed by atoms with E-state index in [2.05, 4.69) is 28.4 Å². The van der Waals surface area contributed by atoms with E-state index in [0.717, 1.165) is 32.3 Å². The minimum absolute atomic E-state index is 0.131. The van der Waals surface area contributed by atoms with Gasteiger partial charge in [-0.25, -0.2) is 0 Å². The van der Waals surface area contributed by atoms with Gasteiger partial charge in [0.2, 0.25) is 5.91 Å². The standard InChI is InChI=1S/C19H28N2O3/c1-21(2)17-5-3-4-15(12-17)6-7-18(22)20-16-8-10-24-19(13-16)9-11-23-14-19/h3-5,12,16H,6-11,13-14H2,1-2H3,(H,20,22)/t16-,19-/m0/s1. The Hall–Kier alpha value is -1.59. The van der Waals surface area contributed by atoms with E-state index in [1.165, 1.54) is 11.3 Å². The molecule has 1 N–H and O–H groups in total. The zero-order valence-electron chi connectivity index (χ0n) is 14.7. The van der Waals surface area contributed by atoms with Crippen LogP contribution in [0.25, 0.3) is 0 Å². The molecule has 2 saturated heterocycles. The normalized spacial score (nSPS) is 26.5. The zero-order chi connectivity index (χ0) is 17.0. The molecule has 24 heavy (non-hydrogen) atoms. The second-order valence-corrected chi connectivity index (χ2v) is 7.16. The van der Waals surface area contributed by atoms with Gasteiger partial charge in [-0.05, 0) is 37.0 Å². The molecule has 0 bridgehead atoms. The molecule has 2 fully saturated rings. The predicted molar refractivity (Wildman–Crippen MR) is 94.4 cm³/mol. The molecule has 0 radical (unpaired) electrons. The van der Waals surface area contributed by atoms with Crippen LogP contribution in [0.2, 0.25) is 0 Å². The maximum atomic E-state index is 12.3. The van der Waals surface area contributed by atoms with Crippen molar-refractivity contribution in [3.63, 3.8) is 0 Å². The lowest BCUT2D eigenvalue weighted by molar-refractivity contribution is -0.125. The molecule has 2 aliphatic heterocycles. The van der Waals surface area contributed by atoms with Gasteiger partial charge >= 0.3 is 0 Å². The fourth-order valence-corrected chi connectivity index (χ4v) is 3.56. The molecule has 1 aromatic carbocycles. The Morgan fingerprint density at radius 2 is 2.25 bits per heavy atom. The summed E-state index contributed by atoms with van der Waals surface area (Å²) in [7, 11) is 4.05. The first-order valence-electron chi connectivity index (χ1n) is 8.84. The van der Waals surface area contributed by atoms with Crippen LogP contribution in [0.5, 0.6) is 0 Å². The molecule has 0 aromatic heterocycles. The van der Waals surface area contributed by atoms with Crippen molar-refractivity contribution in [1.29, 1.82) is 0 Å². The molecule has 5 heteroatoms. The SMILES string of the molecule is CN(C)c1cccc(CCC(=O)N[C@H]2CCO[C@@]3(CCOC3)C2)c1. The highest BCUT2D eigenvalue weighted by atomic mass is 16.6. The number of aryl methyl sites for hydroxylation is 1. The predicted octanol–water partition coefficient (Wildman–Crippen LogP) is 2.14. The number of carbonyl (C=O) groups excluding carboxylic acids is 1. The van der Waals surface area contributed by atoms with Crippen molar-refractivity contribution in [1.82, 2.24) is 5.32 Å². The summed E-state index contributed by atoms with van der Waals surface area (Å²) in [4.78, 5) is 14.4. The van der Waals surface area contributed by atoms with Gasteiger partial charge in [0.15, 0.2) is 0 Å². The minimum atomic E-state index is -0.157. The molecule has 3 rings (SSSR count). The van der Waals surface area contributed by atoms with E-state index in [0.29, 0.717) is 19.6 Å². The van der Waals surface area contributed by atoms with Crippen molar-refractivity contribution >= 4 is 11.6 Å². The third kappa shape index (κ3) is 4.28. The second-order valence-electron chi connectivity index (χ2n) is 7.16. The minimum Gasteiger partial charge on any atom is -0.378 e. The summed E-state index contributed by atoms with van der Waals surface area (Å²) in [5.41, 5.74) is 2.21. The monoisotopic (exact) mass is 332 g/mol. The van der Waals surface area contributed by atoms with Crippen molar-refractivity contribution in [2.75, 3.05) is 38.8 Å². The summed E-state index contributed by atoms with van der Waals surface area (Å²) in [6.07, 6.45) is 4.00. The van der Waals surface area contributed by atoms with Crippen LogP contribution in [0, 0.1) is 0 Å². The first-order chi connectivity index (χ1) is 11.6. The first-order valence-corrected chi connectivity index (χ1v) is 8.84. The van der Waals surface area contributed by atoms with Crippen LogP contribution >= 0.6 is 0 Å². The maximum absolute atomic E-state index is 12.3. The number of carbonyl (C=O) groups is 1. The molecule has 2 atom stereocenters. The molecule has 1 aromatic rings. The van der Waals surface area contributed by atoms with Crippen LogP contribution < -0.4 is 10.2 Å². The Kier molecular flexibility index (Phi) is 5.41. The van der Waals surface area contributed by atoms with Crippen molar-refractivity contribution in [3.8, 4) is 0 Å². The Morgan fingerprint density at radius 1 is 1.38 bits per heavy atom. The summed E-state index contributed by atoms with van der Waals surface area (Å²) in [6, 6.07) is 8.56. The van der Waals surface area contributed by atoms with Gasteiger partial charge in [-0.2, -0.15) is 0 Å². The van der Waals surface area contributed by atoms with Crippen LogP contribution in [-0.2, 0) is 20.7 Å². The van der Waals surface area contributed by atoms with Crippen molar-refractivity contribution in [2.45, 2.75) is 43.7 Å². The molecule has 2 heterocycles. The van der Waals surface area contributed by atoms with Gasteiger partial charge in [-0.15, -0.1) is 0 Å². The molecular formula is C19H28N2O3. The quantitative estimate of drug-likeness (QED) is 0.897. The number of rotatable bonds is 5. The Labute approximate surface area is 144 Å². The van der Waals surface area contributed by atoms with E-state index >= 15 is 0 Å². The lowest BCUT2D eigenvalue weighted by Crippen LogP contribution is -2.49. The number of hydrogen-bond acceptors (Lipinski definition) is 4. The van der Waals surface area contributed by atoms with Gasteiger partial charge in [-0.3, -0.25) is 4.79 Å². The molecule has 0 aliphatic carbocycles. The fourth-order valence-electron chi connectivity index (χ4n) is 3.56. The Balaban J connectivity index is 1.48. The summed E-state index contributed by atoms with van der Waals surface area (Å²) in [5, 5.41) is 3.19.